The molecule has 3 heterocycles. The lowest BCUT2D eigenvalue weighted by Crippen LogP contribution is -2.34. The molecule has 1 aliphatic heterocycles. The van der Waals surface area contributed by atoms with E-state index in [9.17, 15) is 9.36 Å². The van der Waals surface area contributed by atoms with Gasteiger partial charge in [0, 0.05) is 25.6 Å². The third kappa shape index (κ3) is 4.70. The number of rotatable bonds is 7. The molecule has 154 valence electrons. The second kappa shape index (κ2) is 8.57. The first-order valence-corrected chi connectivity index (χ1v) is 10.9. The van der Waals surface area contributed by atoms with Crippen LogP contribution in [0.4, 0.5) is 5.82 Å². The lowest BCUT2D eigenvalue weighted by atomic mass is 9.94. The predicted octanol–water partition coefficient (Wildman–Crippen LogP) is 1.19. The molecule has 11 heteroatoms. The zero-order valence-electron chi connectivity index (χ0n) is 15.9. The van der Waals surface area contributed by atoms with Crippen molar-refractivity contribution in [3.05, 3.63) is 22.6 Å². The Bertz CT molecular complexity index is 935. The van der Waals surface area contributed by atoms with E-state index >= 15 is 0 Å². The fourth-order valence-corrected chi connectivity index (χ4v) is 4.18. The molecule has 1 fully saturated rings. The molecule has 28 heavy (non-hydrogen) atoms. The highest BCUT2D eigenvalue weighted by Crippen LogP contribution is 2.38. The van der Waals surface area contributed by atoms with Crippen LogP contribution in [0.1, 0.15) is 19.3 Å². The normalized spacial score (nSPS) is 15.9. The summed E-state index contributed by atoms with van der Waals surface area (Å²) in [6.07, 6.45) is 3.70. The zero-order chi connectivity index (χ0) is 20.3. The van der Waals surface area contributed by atoms with Gasteiger partial charge in [-0.25, -0.2) is 4.68 Å². The fraction of sp³-hybridized carbons (Fsp3) is 0.588. The van der Waals surface area contributed by atoms with Crippen molar-refractivity contribution >= 4 is 24.2 Å². The van der Waals surface area contributed by atoms with Crippen LogP contribution in [0.15, 0.2) is 17.1 Å². The smallest absolute Gasteiger partial charge is 0.325 e. The Morgan fingerprint density at radius 3 is 2.61 bits per heavy atom. The van der Waals surface area contributed by atoms with Gasteiger partial charge in [0.05, 0.1) is 19.5 Å². The maximum absolute atomic E-state index is 12.6. The summed E-state index contributed by atoms with van der Waals surface area (Å²) in [5.74, 6) is 1.23. The minimum atomic E-state index is -3.95. The first kappa shape index (κ1) is 20.7. The van der Waals surface area contributed by atoms with Crippen molar-refractivity contribution in [1.29, 1.82) is 0 Å². The number of fused-ring (bicyclic) bond motifs is 1. The minimum absolute atomic E-state index is 0.0435. The predicted molar refractivity (Wildman–Crippen MR) is 104 cm³/mol. The summed E-state index contributed by atoms with van der Waals surface area (Å²) in [6, 6.07) is 1.82. The quantitative estimate of drug-likeness (QED) is 0.645. The number of aromatic nitrogens is 3. The molecule has 3 rings (SSSR count). The van der Waals surface area contributed by atoms with E-state index in [-0.39, 0.29) is 30.2 Å². The molecule has 0 aromatic carbocycles. The molecule has 0 radical (unpaired) electrons. The molecule has 0 saturated carbocycles. The maximum atomic E-state index is 12.6. The average Bonchev–Trinajstić information content (AvgIpc) is 2.67. The summed E-state index contributed by atoms with van der Waals surface area (Å²) in [6.45, 7) is 1.49. The fourth-order valence-electron chi connectivity index (χ4n) is 3.48. The lowest BCUT2D eigenvalue weighted by molar-refractivity contribution is 0.116. The molecule has 0 bridgehead atoms. The van der Waals surface area contributed by atoms with E-state index in [4.69, 9.17) is 19.3 Å². The average molecular weight is 412 g/mol. The number of methoxy groups -OCH3 is 2. The van der Waals surface area contributed by atoms with Crippen LogP contribution < -0.4 is 15.2 Å². The Morgan fingerprint density at radius 1 is 1.29 bits per heavy atom. The Labute approximate surface area is 162 Å². The molecule has 0 amide bonds. The molecular weight excluding hydrogens is 387 g/mol. The van der Waals surface area contributed by atoms with Gasteiger partial charge in [-0.2, -0.15) is 10.1 Å². The maximum Gasteiger partial charge on any atom is 0.325 e. The highest BCUT2D eigenvalue weighted by molar-refractivity contribution is 7.51. The Balaban J connectivity index is 1.80. The van der Waals surface area contributed by atoms with Crippen LogP contribution in [0, 0.1) is 5.92 Å². The molecule has 0 aliphatic carbocycles. The van der Waals surface area contributed by atoms with E-state index in [1.165, 1.54) is 18.9 Å². The van der Waals surface area contributed by atoms with E-state index in [0.717, 1.165) is 25.9 Å². The molecule has 0 atom stereocenters. The monoisotopic (exact) mass is 412 g/mol. The summed E-state index contributed by atoms with van der Waals surface area (Å²) < 4.78 is 22.6. The van der Waals surface area contributed by atoms with E-state index in [1.54, 1.807) is 6.20 Å². The van der Waals surface area contributed by atoms with Crippen LogP contribution >= 0.6 is 7.60 Å². The summed E-state index contributed by atoms with van der Waals surface area (Å²) in [5, 5.41) is 5.12. The van der Waals surface area contributed by atoms with E-state index < -0.39 is 7.60 Å². The van der Waals surface area contributed by atoms with Crippen LogP contribution in [-0.4, -0.2) is 58.0 Å². The van der Waals surface area contributed by atoms with Gasteiger partial charge in [-0.1, -0.05) is 0 Å². The lowest BCUT2D eigenvalue weighted by Gasteiger charge is -2.33. The Kier molecular flexibility index (Phi) is 6.34. The van der Waals surface area contributed by atoms with Crippen LogP contribution in [0.2, 0.25) is 0 Å². The second-order valence-electron chi connectivity index (χ2n) is 6.93. The van der Waals surface area contributed by atoms with Crippen LogP contribution in [0.25, 0.3) is 10.8 Å². The molecule has 1 saturated heterocycles. The number of ether oxygens (including phenoxy) is 2. The van der Waals surface area contributed by atoms with Crippen molar-refractivity contribution in [3.63, 3.8) is 0 Å². The van der Waals surface area contributed by atoms with Gasteiger partial charge in [0.2, 0.25) is 5.88 Å². The number of nitrogens with zero attached hydrogens (tertiary/aromatic N) is 4. The van der Waals surface area contributed by atoms with Gasteiger partial charge in [0.25, 0.3) is 5.56 Å². The molecule has 2 aromatic rings. The topological polar surface area (TPSA) is 127 Å². The van der Waals surface area contributed by atoms with Crippen LogP contribution in [-0.2, 0) is 16.0 Å². The molecule has 0 spiro atoms. The molecule has 1 aliphatic rings. The van der Waals surface area contributed by atoms with Crippen molar-refractivity contribution in [2.75, 3.05) is 38.4 Å². The van der Waals surface area contributed by atoms with Crippen molar-refractivity contribution < 1.29 is 23.8 Å². The Morgan fingerprint density at radius 2 is 2.00 bits per heavy atom. The summed E-state index contributed by atoms with van der Waals surface area (Å²) in [5.41, 5.74) is -0.327. The van der Waals surface area contributed by atoms with E-state index in [0.29, 0.717) is 23.0 Å². The number of anilines is 1. The molecule has 10 nitrogen and oxygen atoms in total. The van der Waals surface area contributed by atoms with Gasteiger partial charge in [-0.05, 0) is 31.2 Å². The molecular formula is C17H25N4O6P. The van der Waals surface area contributed by atoms with Crippen molar-refractivity contribution in [2.45, 2.75) is 26.0 Å². The van der Waals surface area contributed by atoms with Gasteiger partial charge in [-0.15, -0.1) is 0 Å². The largest absolute Gasteiger partial charge is 0.480 e. The van der Waals surface area contributed by atoms with Gasteiger partial charge < -0.3 is 24.2 Å². The summed E-state index contributed by atoms with van der Waals surface area (Å²) >= 11 is 0. The summed E-state index contributed by atoms with van der Waals surface area (Å²) in [4.78, 5) is 37.3. The summed E-state index contributed by atoms with van der Waals surface area (Å²) in [7, 11) is -0.989. The second-order valence-corrected chi connectivity index (χ2v) is 8.70. The van der Waals surface area contributed by atoms with Crippen molar-refractivity contribution in [1.82, 2.24) is 14.8 Å². The van der Waals surface area contributed by atoms with Gasteiger partial charge in [0.1, 0.15) is 17.9 Å². The first-order chi connectivity index (χ1) is 13.3. The van der Waals surface area contributed by atoms with E-state index in [2.05, 4.69) is 15.0 Å². The highest BCUT2D eigenvalue weighted by Gasteiger charge is 2.24. The number of piperidine rings is 1. The van der Waals surface area contributed by atoms with Gasteiger partial charge in [0.15, 0.2) is 0 Å². The van der Waals surface area contributed by atoms with Crippen molar-refractivity contribution in [2.24, 2.45) is 5.92 Å². The SMILES string of the molecule is COCn1ncc2cc(N3CCC(CCP(=O)(O)O)CC3)nc(OC)c2c1=O. The van der Waals surface area contributed by atoms with Crippen molar-refractivity contribution in [3.8, 4) is 5.88 Å². The third-order valence-electron chi connectivity index (χ3n) is 5.00. The zero-order valence-corrected chi connectivity index (χ0v) is 16.8. The molecule has 2 N–H and O–H groups in total. The minimum Gasteiger partial charge on any atom is -0.480 e. The van der Waals surface area contributed by atoms with Gasteiger partial charge >= 0.3 is 7.60 Å². The standard InChI is InChI=1S/C17H25N4O6P/c1-26-11-21-17(22)15-13(10-18-21)9-14(19-16(15)27-2)20-6-3-12(4-7-20)5-8-28(23,24)25/h9-10,12H,3-8,11H2,1-2H3,(H2,23,24,25). The number of hydrogen-bond donors (Lipinski definition) is 2. The third-order valence-corrected chi connectivity index (χ3v) is 5.84. The number of pyridine rings is 1. The van der Waals surface area contributed by atoms with Crippen LogP contribution in [0.3, 0.4) is 0 Å². The first-order valence-electron chi connectivity index (χ1n) is 9.05. The molecule has 0 unspecified atom stereocenters. The van der Waals surface area contributed by atoms with Crippen LogP contribution in [0.5, 0.6) is 5.88 Å². The molecule has 2 aromatic heterocycles. The van der Waals surface area contributed by atoms with E-state index in [1.807, 2.05) is 6.07 Å². The van der Waals surface area contributed by atoms with Gasteiger partial charge in [-0.3, -0.25) is 9.36 Å². The Hall–Kier alpha value is -2.00. The highest BCUT2D eigenvalue weighted by atomic mass is 31.2. The number of hydrogen-bond acceptors (Lipinski definition) is 7.